The van der Waals surface area contributed by atoms with E-state index < -0.39 is 11.6 Å². The maximum Gasteiger partial charge on any atom is 0.339 e. The van der Waals surface area contributed by atoms with Crippen molar-refractivity contribution in [2.45, 2.75) is 18.4 Å². The molecule has 0 fully saturated rings. The number of benzene rings is 3. The lowest BCUT2D eigenvalue weighted by molar-refractivity contribution is -0.113. The van der Waals surface area contributed by atoms with Crippen molar-refractivity contribution in [2.24, 2.45) is 0 Å². The van der Waals surface area contributed by atoms with E-state index in [0.717, 1.165) is 5.56 Å². The Kier molecular flexibility index (Phi) is 7.52. The number of aryl methyl sites for hydroxylation is 1. The minimum Gasteiger partial charge on any atom is -0.497 e. The van der Waals surface area contributed by atoms with Crippen molar-refractivity contribution in [1.82, 2.24) is 0 Å². The van der Waals surface area contributed by atoms with Crippen molar-refractivity contribution in [3.05, 3.63) is 99.9 Å². The third kappa shape index (κ3) is 6.10. The van der Waals surface area contributed by atoms with Gasteiger partial charge in [-0.3, -0.25) is 4.79 Å². The van der Waals surface area contributed by atoms with E-state index in [1.807, 2.05) is 31.2 Å². The first-order valence-corrected chi connectivity index (χ1v) is 11.8. The maximum atomic E-state index is 12.9. The fourth-order valence-electron chi connectivity index (χ4n) is 3.42. The summed E-state index contributed by atoms with van der Waals surface area (Å²) in [5.41, 5.74) is 2.48. The molecule has 7 nitrogen and oxygen atoms in total. The van der Waals surface area contributed by atoms with Crippen LogP contribution < -0.4 is 15.7 Å². The monoisotopic (exact) mass is 489 g/mol. The summed E-state index contributed by atoms with van der Waals surface area (Å²) < 4.78 is 15.9. The molecule has 8 heteroatoms. The Morgan fingerprint density at radius 3 is 2.54 bits per heavy atom. The predicted molar refractivity (Wildman–Crippen MR) is 135 cm³/mol. The molecule has 0 radical (unpaired) electrons. The molecule has 35 heavy (non-hydrogen) atoms. The Labute approximate surface area is 206 Å². The molecule has 0 atom stereocenters. The molecule has 0 bridgehead atoms. The first kappa shape index (κ1) is 24.1. The van der Waals surface area contributed by atoms with E-state index in [0.29, 0.717) is 38.4 Å². The second-order valence-corrected chi connectivity index (χ2v) is 8.75. The van der Waals surface area contributed by atoms with Gasteiger partial charge in [0.2, 0.25) is 5.91 Å². The van der Waals surface area contributed by atoms with Crippen LogP contribution in [0.3, 0.4) is 0 Å². The number of ether oxygens (including phenoxy) is 2. The number of fused-ring (bicyclic) bond motifs is 1. The highest BCUT2D eigenvalue weighted by atomic mass is 32.2. The summed E-state index contributed by atoms with van der Waals surface area (Å²) in [6.45, 7) is 1.87. The van der Waals surface area contributed by atoms with Gasteiger partial charge in [-0.15, -0.1) is 11.8 Å². The minimum absolute atomic E-state index is 0.111. The molecule has 0 unspecified atom stereocenters. The molecule has 1 amide bonds. The van der Waals surface area contributed by atoms with Crippen molar-refractivity contribution in [3.8, 4) is 5.75 Å². The Morgan fingerprint density at radius 2 is 1.77 bits per heavy atom. The molecular formula is C27H23NO6S. The van der Waals surface area contributed by atoms with E-state index in [2.05, 4.69) is 5.32 Å². The molecule has 0 saturated heterocycles. The van der Waals surface area contributed by atoms with E-state index in [4.69, 9.17) is 13.9 Å². The molecule has 0 aliphatic carbocycles. The standard InChI is InChI=1S/C27H23NO6S/c1-17-7-9-19(10-8-17)28-25(29)16-35-24-6-4-3-5-22(24)27(31)33-15-18-13-26(30)34-23-14-20(32-2)11-12-21(18)23/h3-14H,15-16H2,1-2H3,(H,28,29). The number of thioether (sulfide) groups is 1. The van der Waals surface area contributed by atoms with E-state index in [1.165, 1.54) is 24.9 Å². The molecule has 4 rings (SSSR count). The molecule has 0 aliphatic rings. The molecule has 1 heterocycles. The van der Waals surface area contributed by atoms with Crippen LogP contribution in [-0.4, -0.2) is 24.7 Å². The van der Waals surface area contributed by atoms with Gasteiger partial charge in [-0.05, 0) is 43.3 Å². The van der Waals surface area contributed by atoms with Crippen LogP contribution in [0.25, 0.3) is 11.0 Å². The zero-order valence-electron chi connectivity index (χ0n) is 19.2. The third-order valence-corrected chi connectivity index (χ3v) is 6.27. The number of rotatable bonds is 8. The lowest BCUT2D eigenvalue weighted by atomic mass is 10.1. The number of hydrogen-bond acceptors (Lipinski definition) is 7. The van der Waals surface area contributed by atoms with Crippen LogP contribution in [0.1, 0.15) is 21.5 Å². The fourth-order valence-corrected chi connectivity index (χ4v) is 4.26. The lowest BCUT2D eigenvalue weighted by Gasteiger charge is -2.11. The maximum absolute atomic E-state index is 12.9. The van der Waals surface area contributed by atoms with Gasteiger partial charge >= 0.3 is 11.6 Å². The van der Waals surface area contributed by atoms with Crippen LogP contribution in [0, 0.1) is 6.92 Å². The molecule has 1 N–H and O–H groups in total. The first-order valence-electron chi connectivity index (χ1n) is 10.8. The molecular weight excluding hydrogens is 466 g/mol. The SMILES string of the molecule is COc1ccc2c(COC(=O)c3ccccc3SCC(=O)Nc3ccc(C)cc3)cc(=O)oc2c1. The van der Waals surface area contributed by atoms with Crippen LogP contribution in [0.4, 0.5) is 5.69 Å². The summed E-state index contributed by atoms with van der Waals surface area (Å²) in [7, 11) is 1.52. The normalized spacial score (nSPS) is 10.7. The van der Waals surface area contributed by atoms with Crippen LogP contribution >= 0.6 is 11.8 Å². The molecule has 3 aromatic carbocycles. The summed E-state index contributed by atoms with van der Waals surface area (Å²) in [6.07, 6.45) is 0. The number of carbonyl (C=O) groups excluding carboxylic acids is 2. The van der Waals surface area contributed by atoms with E-state index in [9.17, 15) is 14.4 Å². The van der Waals surface area contributed by atoms with Crippen LogP contribution in [0.5, 0.6) is 5.75 Å². The topological polar surface area (TPSA) is 94.8 Å². The summed E-state index contributed by atoms with van der Waals surface area (Å²) in [5.74, 6) is -0.0567. The highest BCUT2D eigenvalue weighted by Crippen LogP contribution is 2.26. The number of nitrogens with one attached hydrogen (secondary N) is 1. The third-order valence-electron chi connectivity index (χ3n) is 5.20. The molecule has 4 aromatic rings. The second-order valence-electron chi connectivity index (χ2n) is 7.73. The zero-order valence-corrected chi connectivity index (χ0v) is 20.0. The second kappa shape index (κ2) is 10.9. The van der Waals surface area contributed by atoms with Crippen molar-refractivity contribution >= 4 is 40.3 Å². The van der Waals surface area contributed by atoms with Crippen molar-refractivity contribution < 1.29 is 23.5 Å². The summed E-state index contributed by atoms with van der Waals surface area (Å²) in [5, 5.41) is 3.49. The highest BCUT2D eigenvalue weighted by molar-refractivity contribution is 8.00. The molecule has 0 aliphatic heterocycles. The molecule has 0 spiro atoms. The van der Waals surface area contributed by atoms with E-state index in [1.54, 1.807) is 42.5 Å². The van der Waals surface area contributed by atoms with Gasteiger partial charge in [0.1, 0.15) is 17.9 Å². The number of methoxy groups -OCH3 is 1. The van der Waals surface area contributed by atoms with Crippen molar-refractivity contribution in [3.63, 3.8) is 0 Å². The number of hydrogen-bond donors (Lipinski definition) is 1. The van der Waals surface area contributed by atoms with Gasteiger partial charge in [-0.1, -0.05) is 29.8 Å². The van der Waals surface area contributed by atoms with Crippen LogP contribution in [0.2, 0.25) is 0 Å². The lowest BCUT2D eigenvalue weighted by Crippen LogP contribution is -2.14. The smallest absolute Gasteiger partial charge is 0.339 e. The zero-order chi connectivity index (χ0) is 24.8. The molecule has 178 valence electrons. The Balaban J connectivity index is 1.43. The van der Waals surface area contributed by atoms with Gasteiger partial charge < -0.3 is 19.2 Å². The Morgan fingerprint density at radius 1 is 1.00 bits per heavy atom. The highest BCUT2D eigenvalue weighted by Gasteiger charge is 2.16. The quantitative estimate of drug-likeness (QED) is 0.207. The fraction of sp³-hybridized carbons (Fsp3) is 0.148. The first-order chi connectivity index (χ1) is 16.9. The van der Waals surface area contributed by atoms with Gasteiger partial charge in [0.25, 0.3) is 0 Å². The summed E-state index contributed by atoms with van der Waals surface area (Å²) in [4.78, 5) is 37.8. The Hall–Kier alpha value is -4.04. The van der Waals surface area contributed by atoms with Gasteiger partial charge in [-0.2, -0.15) is 0 Å². The van der Waals surface area contributed by atoms with E-state index >= 15 is 0 Å². The number of anilines is 1. The molecule has 0 saturated carbocycles. The van der Waals surface area contributed by atoms with Crippen molar-refractivity contribution in [1.29, 1.82) is 0 Å². The number of carbonyl (C=O) groups is 2. The summed E-state index contributed by atoms with van der Waals surface area (Å²) in [6, 6.07) is 20.8. The minimum atomic E-state index is -0.554. The van der Waals surface area contributed by atoms with Crippen LogP contribution in [0.15, 0.2) is 86.9 Å². The van der Waals surface area contributed by atoms with Crippen molar-refractivity contribution in [2.75, 3.05) is 18.2 Å². The Bertz CT molecular complexity index is 1430. The van der Waals surface area contributed by atoms with Gasteiger partial charge in [0.05, 0.1) is 18.4 Å². The largest absolute Gasteiger partial charge is 0.497 e. The number of esters is 1. The van der Waals surface area contributed by atoms with E-state index in [-0.39, 0.29) is 18.3 Å². The average molecular weight is 490 g/mol. The number of amides is 1. The van der Waals surface area contributed by atoms with Gasteiger partial charge in [0, 0.05) is 33.7 Å². The van der Waals surface area contributed by atoms with Gasteiger partial charge in [-0.25, -0.2) is 9.59 Å². The predicted octanol–water partition coefficient (Wildman–Crippen LogP) is 5.20. The average Bonchev–Trinajstić information content (AvgIpc) is 2.86. The molecule has 1 aromatic heterocycles. The summed E-state index contributed by atoms with van der Waals surface area (Å²) >= 11 is 1.24. The van der Waals surface area contributed by atoms with Gasteiger partial charge in [0.15, 0.2) is 0 Å². The van der Waals surface area contributed by atoms with Crippen LogP contribution in [-0.2, 0) is 16.1 Å².